The molecule has 0 atom stereocenters. The Morgan fingerprint density at radius 1 is 0.923 bits per heavy atom. The smallest absolute Gasteiger partial charge is 0.308 e. The summed E-state index contributed by atoms with van der Waals surface area (Å²) < 4.78 is 44.3. The third-order valence-electron chi connectivity index (χ3n) is 3.36. The number of hydrogen-bond acceptors (Lipinski definition) is 7. The summed E-state index contributed by atoms with van der Waals surface area (Å²) in [4.78, 5) is 11.4. The standard InChI is InChI=1S/C18H28O7S/c1-3-4-10-24-18(19)9-11-22-12-13-23-14-15-25-26(20,21)17-7-5-16(2)6-8-17/h5-8H,3-4,9-15H2,1-2H3. The van der Waals surface area contributed by atoms with E-state index in [1.807, 2.05) is 13.8 Å². The molecule has 0 aliphatic carbocycles. The van der Waals surface area contributed by atoms with Gasteiger partial charge in [0.2, 0.25) is 0 Å². The zero-order valence-electron chi connectivity index (χ0n) is 15.4. The highest BCUT2D eigenvalue weighted by atomic mass is 32.2. The van der Waals surface area contributed by atoms with Crippen LogP contribution < -0.4 is 0 Å². The number of hydrogen-bond donors (Lipinski definition) is 0. The molecule has 0 bridgehead atoms. The van der Waals surface area contributed by atoms with E-state index in [0.717, 1.165) is 18.4 Å². The molecule has 0 N–H and O–H groups in total. The Labute approximate surface area is 155 Å². The van der Waals surface area contributed by atoms with E-state index in [-0.39, 0.29) is 37.1 Å². The molecule has 148 valence electrons. The quantitative estimate of drug-likeness (QED) is 0.275. The van der Waals surface area contributed by atoms with Gasteiger partial charge in [-0.05, 0) is 25.5 Å². The van der Waals surface area contributed by atoms with Crippen LogP contribution in [0.2, 0.25) is 0 Å². The van der Waals surface area contributed by atoms with Gasteiger partial charge in [-0.1, -0.05) is 31.0 Å². The maximum atomic E-state index is 11.9. The highest BCUT2D eigenvalue weighted by molar-refractivity contribution is 7.86. The Bertz CT molecular complexity index is 611. The Kier molecular flexibility index (Phi) is 11.1. The van der Waals surface area contributed by atoms with E-state index in [2.05, 4.69) is 0 Å². The fourth-order valence-corrected chi connectivity index (χ4v) is 2.75. The molecule has 0 aliphatic rings. The van der Waals surface area contributed by atoms with Gasteiger partial charge >= 0.3 is 5.97 Å². The van der Waals surface area contributed by atoms with E-state index in [1.165, 1.54) is 12.1 Å². The van der Waals surface area contributed by atoms with Crippen LogP contribution in [0.1, 0.15) is 31.7 Å². The van der Waals surface area contributed by atoms with Crippen molar-refractivity contribution < 1.29 is 31.6 Å². The molecule has 1 rings (SSSR count). The van der Waals surface area contributed by atoms with Crippen molar-refractivity contribution in [2.24, 2.45) is 0 Å². The molecule has 0 spiro atoms. The third kappa shape index (κ3) is 9.86. The lowest BCUT2D eigenvalue weighted by Gasteiger charge is -2.08. The van der Waals surface area contributed by atoms with Crippen LogP contribution in [0, 0.1) is 6.92 Å². The number of ether oxygens (including phenoxy) is 3. The van der Waals surface area contributed by atoms with Gasteiger partial charge in [-0.3, -0.25) is 8.98 Å². The molecule has 0 radical (unpaired) electrons. The van der Waals surface area contributed by atoms with Crippen LogP contribution in [0.25, 0.3) is 0 Å². The van der Waals surface area contributed by atoms with Crippen LogP contribution in [0.15, 0.2) is 29.2 Å². The first-order valence-corrected chi connectivity index (χ1v) is 10.1. The van der Waals surface area contributed by atoms with Crippen molar-refractivity contribution in [3.8, 4) is 0 Å². The van der Waals surface area contributed by atoms with Gasteiger partial charge in [0.25, 0.3) is 10.1 Å². The van der Waals surface area contributed by atoms with Gasteiger partial charge in [0.15, 0.2) is 0 Å². The second-order valence-corrected chi connectivity index (χ2v) is 7.25. The number of aryl methyl sites for hydroxylation is 1. The molecule has 0 saturated carbocycles. The third-order valence-corrected chi connectivity index (χ3v) is 4.69. The minimum Gasteiger partial charge on any atom is -0.466 e. The molecule has 1 aromatic carbocycles. The van der Waals surface area contributed by atoms with Crippen LogP contribution in [0.3, 0.4) is 0 Å². The van der Waals surface area contributed by atoms with Crippen molar-refractivity contribution in [2.75, 3.05) is 39.6 Å². The molecule has 8 heteroatoms. The maximum absolute atomic E-state index is 11.9. The summed E-state index contributed by atoms with van der Waals surface area (Å²) in [7, 11) is -3.76. The van der Waals surface area contributed by atoms with Gasteiger partial charge in [0.1, 0.15) is 0 Å². The summed E-state index contributed by atoms with van der Waals surface area (Å²) in [5.74, 6) is -0.269. The Morgan fingerprint density at radius 3 is 2.19 bits per heavy atom. The fourth-order valence-electron chi connectivity index (χ4n) is 1.86. The molecular formula is C18H28O7S. The molecule has 7 nitrogen and oxygen atoms in total. The van der Waals surface area contributed by atoms with Gasteiger partial charge in [-0.2, -0.15) is 8.42 Å². The first-order valence-electron chi connectivity index (χ1n) is 8.73. The zero-order valence-corrected chi connectivity index (χ0v) is 16.3. The highest BCUT2D eigenvalue weighted by Gasteiger charge is 2.14. The van der Waals surface area contributed by atoms with E-state index < -0.39 is 10.1 Å². The van der Waals surface area contributed by atoms with Crippen molar-refractivity contribution in [3.05, 3.63) is 29.8 Å². The molecule has 1 aromatic rings. The highest BCUT2D eigenvalue weighted by Crippen LogP contribution is 2.12. The topological polar surface area (TPSA) is 88.1 Å². The van der Waals surface area contributed by atoms with E-state index in [9.17, 15) is 13.2 Å². The summed E-state index contributed by atoms with van der Waals surface area (Å²) in [5.41, 5.74) is 0.974. The molecular weight excluding hydrogens is 360 g/mol. The van der Waals surface area contributed by atoms with E-state index in [0.29, 0.717) is 19.8 Å². The molecule has 0 aromatic heterocycles. The lowest BCUT2D eigenvalue weighted by atomic mass is 10.2. The predicted octanol–water partition coefficient (Wildman–Crippen LogP) is 2.47. The Morgan fingerprint density at radius 2 is 1.54 bits per heavy atom. The van der Waals surface area contributed by atoms with Crippen LogP contribution in [-0.4, -0.2) is 54.0 Å². The monoisotopic (exact) mass is 388 g/mol. The average Bonchev–Trinajstić information content (AvgIpc) is 2.61. The molecule has 0 heterocycles. The average molecular weight is 388 g/mol. The van der Waals surface area contributed by atoms with Gasteiger partial charge in [0, 0.05) is 0 Å². The van der Waals surface area contributed by atoms with Crippen LogP contribution in [0.4, 0.5) is 0 Å². The van der Waals surface area contributed by atoms with Crippen LogP contribution in [0.5, 0.6) is 0 Å². The first-order chi connectivity index (χ1) is 12.5. The molecule has 0 aliphatic heterocycles. The number of benzene rings is 1. The molecule has 0 amide bonds. The van der Waals surface area contributed by atoms with Crippen molar-refractivity contribution >= 4 is 16.1 Å². The molecule has 0 fully saturated rings. The Hall–Kier alpha value is -1.48. The SMILES string of the molecule is CCCCOC(=O)CCOCCOCCOS(=O)(=O)c1ccc(C)cc1. The van der Waals surface area contributed by atoms with Crippen molar-refractivity contribution in [3.63, 3.8) is 0 Å². The van der Waals surface area contributed by atoms with Gasteiger partial charge in [-0.15, -0.1) is 0 Å². The second-order valence-electron chi connectivity index (χ2n) is 5.64. The number of carbonyl (C=O) groups is 1. The first kappa shape index (κ1) is 22.6. The summed E-state index contributed by atoms with van der Waals surface area (Å²) in [6.45, 7) is 5.29. The summed E-state index contributed by atoms with van der Waals surface area (Å²) in [6, 6.07) is 6.44. The molecule has 0 unspecified atom stereocenters. The Balaban J connectivity index is 2.02. The minimum absolute atomic E-state index is 0.0695. The summed E-state index contributed by atoms with van der Waals surface area (Å²) in [5, 5.41) is 0. The van der Waals surface area contributed by atoms with E-state index >= 15 is 0 Å². The number of esters is 1. The van der Waals surface area contributed by atoms with Crippen molar-refractivity contribution in [2.45, 2.75) is 38.0 Å². The van der Waals surface area contributed by atoms with Crippen molar-refractivity contribution in [1.82, 2.24) is 0 Å². The largest absolute Gasteiger partial charge is 0.466 e. The van der Waals surface area contributed by atoms with Crippen molar-refractivity contribution in [1.29, 1.82) is 0 Å². The van der Waals surface area contributed by atoms with Crippen LogP contribution >= 0.6 is 0 Å². The normalized spacial score (nSPS) is 11.5. The predicted molar refractivity (Wildman–Crippen MR) is 96.4 cm³/mol. The number of carbonyl (C=O) groups excluding carboxylic acids is 1. The lowest BCUT2D eigenvalue weighted by molar-refractivity contribution is -0.145. The fraction of sp³-hybridized carbons (Fsp3) is 0.611. The molecule has 26 heavy (non-hydrogen) atoms. The number of unbranched alkanes of at least 4 members (excludes halogenated alkanes) is 1. The van der Waals surface area contributed by atoms with Gasteiger partial charge < -0.3 is 14.2 Å². The molecule has 0 saturated heterocycles. The zero-order chi connectivity index (χ0) is 19.3. The van der Waals surface area contributed by atoms with E-state index in [1.54, 1.807) is 12.1 Å². The summed E-state index contributed by atoms with van der Waals surface area (Å²) >= 11 is 0. The van der Waals surface area contributed by atoms with Gasteiger partial charge in [-0.25, -0.2) is 0 Å². The number of rotatable bonds is 14. The van der Waals surface area contributed by atoms with E-state index in [4.69, 9.17) is 18.4 Å². The van der Waals surface area contributed by atoms with Crippen LogP contribution in [-0.2, 0) is 33.3 Å². The second kappa shape index (κ2) is 12.8. The maximum Gasteiger partial charge on any atom is 0.308 e. The minimum atomic E-state index is -3.76. The lowest BCUT2D eigenvalue weighted by Crippen LogP contribution is -2.14. The van der Waals surface area contributed by atoms with Gasteiger partial charge in [0.05, 0.1) is 51.0 Å². The summed E-state index contributed by atoms with van der Waals surface area (Å²) in [6.07, 6.45) is 2.06.